The average Bonchev–Trinajstić information content (AvgIpc) is 2.90. The van der Waals surface area contributed by atoms with Crippen LogP contribution in [0.15, 0.2) is 18.2 Å². The van der Waals surface area contributed by atoms with Gasteiger partial charge in [0.15, 0.2) is 0 Å². The van der Waals surface area contributed by atoms with Crippen LogP contribution in [0.3, 0.4) is 0 Å². The Hall–Kier alpha value is 0.0400. The van der Waals surface area contributed by atoms with E-state index < -0.39 is 0 Å². The zero-order valence-corrected chi connectivity index (χ0v) is 10.0. The van der Waals surface area contributed by atoms with Gasteiger partial charge in [-0.15, -0.1) is 0 Å². The van der Waals surface area contributed by atoms with Gasteiger partial charge in [-0.1, -0.05) is 11.6 Å². The van der Waals surface area contributed by atoms with E-state index in [4.69, 9.17) is 16.3 Å². The van der Waals surface area contributed by atoms with E-state index in [0.29, 0.717) is 5.02 Å². The summed E-state index contributed by atoms with van der Waals surface area (Å²) in [7, 11) is 0. The maximum Gasteiger partial charge on any atom is 0.138 e. The van der Waals surface area contributed by atoms with Crippen molar-refractivity contribution in [3.8, 4) is 5.75 Å². The second-order valence-corrected chi connectivity index (χ2v) is 4.98. The van der Waals surface area contributed by atoms with Crippen LogP contribution >= 0.6 is 34.2 Å². The Morgan fingerprint density at radius 3 is 2.92 bits per heavy atom. The summed E-state index contributed by atoms with van der Waals surface area (Å²) in [5, 5.41) is 0.709. The Bertz CT molecular complexity index is 310. The summed E-state index contributed by atoms with van der Waals surface area (Å²) in [5.41, 5.74) is 0. The molecular formula is C10H10ClIO. The van der Waals surface area contributed by atoms with Crippen molar-refractivity contribution in [3.05, 3.63) is 26.8 Å². The Morgan fingerprint density at radius 2 is 2.23 bits per heavy atom. The van der Waals surface area contributed by atoms with Gasteiger partial charge in [0.05, 0.1) is 11.6 Å². The van der Waals surface area contributed by atoms with Gasteiger partial charge in [0.25, 0.3) is 0 Å². The smallest absolute Gasteiger partial charge is 0.138 e. The summed E-state index contributed by atoms with van der Waals surface area (Å²) in [6, 6.07) is 5.84. The topological polar surface area (TPSA) is 9.23 Å². The predicted octanol–water partition coefficient (Wildman–Crippen LogP) is 3.73. The molecule has 0 aliphatic heterocycles. The van der Waals surface area contributed by atoms with Crippen LogP contribution in [0.2, 0.25) is 5.02 Å². The fourth-order valence-electron chi connectivity index (χ4n) is 1.08. The van der Waals surface area contributed by atoms with E-state index in [-0.39, 0.29) is 0 Å². The lowest BCUT2D eigenvalue weighted by Gasteiger charge is -2.07. The zero-order valence-electron chi connectivity index (χ0n) is 7.09. The lowest BCUT2D eigenvalue weighted by atomic mass is 10.3. The van der Waals surface area contributed by atoms with Gasteiger partial charge in [-0.2, -0.15) is 0 Å². The maximum atomic E-state index is 5.97. The Kier molecular flexibility index (Phi) is 2.99. The van der Waals surface area contributed by atoms with Gasteiger partial charge in [0.2, 0.25) is 0 Å². The Morgan fingerprint density at radius 1 is 1.46 bits per heavy atom. The molecule has 1 fully saturated rings. The molecule has 1 nitrogen and oxygen atoms in total. The van der Waals surface area contributed by atoms with E-state index in [9.17, 15) is 0 Å². The van der Waals surface area contributed by atoms with Gasteiger partial charge in [-0.25, -0.2) is 0 Å². The van der Waals surface area contributed by atoms with Crippen molar-refractivity contribution < 1.29 is 4.74 Å². The van der Waals surface area contributed by atoms with E-state index in [0.717, 1.165) is 21.8 Å². The van der Waals surface area contributed by atoms with Gasteiger partial charge < -0.3 is 4.74 Å². The highest BCUT2D eigenvalue weighted by molar-refractivity contribution is 14.1. The fraction of sp³-hybridized carbons (Fsp3) is 0.400. The molecule has 13 heavy (non-hydrogen) atoms. The van der Waals surface area contributed by atoms with Crippen molar-refractivity contribution in [3.63, 3.8) is 0 Å². The monoisotopic (exact) mass is 308 g/mol. The normalized spacial score (nSPS) is 15.8. The molecule has 0 aromatic heterocycles. The SMILES string of the molecule is Clc1ccc(I)cc1OCC1CC1. The van der Waals surface area contributed by atoms with Crippen molar-refractivity contribution in [2.45, 2.75) is 12.8 Å². The van der Waals surface area contributed by atoms with Crippen LogP contribution in [0, 0.1) is 9.49 Å². The highest BCUT2D eigenvalue weighted by Crippen LogP contribution is 2.32. The van der Waals surface area contributed by atoms with Gasteiger partial charge >= 0.3 is 0 Å². The molecule has 1 aromatic carbocycles. The van der Waals surface area contributed by atoms with E-state index in [1.807, 2.05) is 18.2 Å². The highest BCUT2D eigenvalue weighted by Gasteiger charge is 2.22. The molecule has 0 N–H and O–H groups in total. The van der Waals surface area contributed by atoms with Crippen molar-refractivity contribution in [1.82, 2.24) is 0 Å². The third-order valence-corrected chi connectivity index (χ3v) is 3.05. The van der Waals surface area contributed by atoms with Crippen LogP contribution in [-0.2, 0) is 0 Å². The van der Waals surface area contributed by atoms with E-state index >= 15 is 0 Å². The van der Waals surface area contributed by atoms with Gasteiger partial charge in [0, 0.05) is 3.57 Å². The summed E-state index contributed by atoms with van der Waals surface area (Å²) in [6.07, 6.45) is 2.61. The minimum Gasteiger partial charge on any atom is -0.492 e. The summed E-state index contributed by atoms with van der Waals surface area (Å²) in [6.45, 7) is 0.819. The molecule has 1 aliphatic carbocycles. The summed E-state index contributed by atoms with van der Waals surface area (Å²) in [4.78, 5) is 0. The van der Waals surface area contributed by atoms with Gasteiger partial charge in [0.1, 0.15) is 5.75 Å². The second kappa shape index (κ2) is 4.05. The summed E-state index contributed by atoms with van der Waals surface area (Å²) in [5.74, 6) is 1.59. The predicted molar refractivity (Wildman–Crippen MR) is 62.4 cm³/mol. The van der Waals surface area contributed by atoms with E-state index in [1.165, 1.54) is 12.8 Å². The molecule has 0 bridgehead atoms. The quantitative estimate of drug-likeness (QED) is 0.773. The molecule has 70 valence electrons. The van der Waals surface area contributed by atoms with Crippen LogP contribution in [-0.4, -0.2) is 6.61 Å². The first-order chi connectivity index (χ1) is 6.25. The zero-order chi connectivity index (χ0) is 9.26. The Balaban J connectivity index is 2.03. The molecule has 3 heteroatoms. The van der Waals surface area contributed by atoms with Crippen molar-refractivity contribution in [2.75, 3.05) is 6.61 Å². The van der Waals surface area contributed by atoms with Gasteiger partial charge in [-0.05, 0) is 59.5 Å². The van der Waals surface area contributed by atoms with Gasteiger partial charge in [-0.3, -0.25) is 0 Å². The molecule has 0 spiro atoms. The lowest BCUT2D eigenvalue weighted by molar-refractivity contribution is 0.300. The second-order valence-electron chi connectivity index (χ2n) is 3.33. The summed E-state index contributed by atoms with van der Waals surface area (Å²) >= 11 is 8.23. The number of hydrogen-bond acceptors (Lipinski definition) is 1. The van der Waals surface area contributed by atoms with Crippen LogP contribution in [0.25, 0.3) is 0 Å². The molecular weight excluding hydrogens is 298 g/mol. The molecule has 0 saturated heterocycles. The molecule has 1 aliphatic rings. The number of ether oxygens (including phenoxy) is 1. The van der Waals surface area contributed by atoms with E-state index in [2.05, 4.69) is 22.6 Å². The largest absolute Gasteiger partial charge is 0.492 e. The van der Waals surface area contributed by atoms with Crippen LogP contribution in [0.5, 0.6) is 5.75 Å². The lowest BCUT2D eigenvalue weighted by Crippen LogP contribution is -1.99. The molecule has 0 unspecified atom stereocenters. The van der Waals surface area contributed by atoms with Crippen molar-refractivity contribution in [2.24, 2.45) is 5.92 Å². The molecule has 0 amide bonds. The van der Waals surface area contributed by atoms with Crippen LogP contribution in [0.4, 0.5) is 0 Å². The standard InChI is InChI=1S/C10H10ClIO/c11-9-4-3-8(12)5-10(9)13-6-7-1-2-7/h3-5,7H,1-2,6H2. The average molecular weight is 309 g/mol. The number of halogens is 2. The number of rotatable bonds is 3. The third-order valence-electron chi connectivity index (χ3n) is 2.06. The highest BCUT2D eigenvalue weighted by atomic mass is 127. The Labute approximate surface area is 96.6 Å². The molecule has 2 rings (SSSR count). The van der Waals surface area contributed by atoms with Crippen molar-refractivity contribution >= 4 is 34.2 Å². The minimum absolute atomic E-state index is 0.709. The third kappa shape index (κ3) is 2.74. The molecule has 0 heterocycles. The number of hydrogen-bond donors (Lipinski definition) is 0. The first-order valence-electron chi connectivity index (χ1n) is 4.33. The first kappa shape index (κ1) is 9.59. The minimum atomic E-state index is 0.709. The van der Waals surface area contributed by atoms with Crippen LogP contribution < -0.4 is 4.74 Å². The molecule has 1 saturated carbocycles. The fourth-order valence-corrected chi connectivity index (χ4v) is 1.71. The summed E-state index contributed by atoms with van der Waals surface area (Å²) < 4.78 is 6.76. The number of benzene rings is 1. The maximum absolute atomic E-state index is 5.97. The van der Waals surface area contributed by atoms with E-state index in [1.54, 1.807) is 0 Å². The molecule has 0 radical (unpaired) electrons. The molecule has 0 atom stereocenters. The first-order valence-corrected chi connectivity index (χ1v) is 5.79. The van der Waals surface area contributed by atoms with Crippen molar-refractivity contribution in [1.29, 1.82) is 0 Å². The molecule has 1 aromatic rings. The van der Waals surface area contributed by atoms with Crippen LogP contribution in [0.1, 0.15) is 12.8 Å².